The number of carbonyl (C=O) groups is 1. The van der Waals surface area contributed by atoms with E-state index in [0.29, 0.717) is 12.6 Å². The lowest BCUT2D eigenvalue weighted by molar-refractivity contribution is 0.0734. The van der Waals surface area contributed by atoms with Crippen LogP contribution >= 0.6 is 0 Å². The minimum Gasteiger partial charge on any atom is -0.445 e. The molecule has 0 aliphatic carbocycles. The van der Waals surface area contributed by atoms with E-state index in [1.807, 2.05) is 35.2 Å². The van der Waals surface area contributed by atoms with Gasteiger partial charge in [0.05, 0.1) is 0 Å². The second-order valence-electron chi connectivity index (χ2n) is 6.79. The second kappa shape index (κ2) is 9.39. The third-order valence-corrected chi connectivity index (χ3v) is 4.87. The fraction of sp³-hybridized carbons (Fsp3) is 0.409. The predicted octanol–water partition coefficient (Wildman–Crippen LogP) is 4.45. The molecule has 1 fully saturated rings. The number of piperidine rings is 1. The number of amides is 1. The Balaban J connectivity index is 1.57. The first-order valence-electron chi connectivity index (χ1n) is 9.56. The van der Waals surface area contributed by atoms with Crippen LogP contribution in [-0.2, 0) is 11.3 Å². The van der Waals surface area contributed by atoms with Crippen LogP contribution in [0.4, 0.5) is 4.79 Å². The first kappa shape index (κ1) is 18.5. The zero-order valence-corrected chi connectivity index (χ0v) is 15.5. The third-order valence-electron chi connectivity index (χ3n) is 4.87. The monoisotopic (exact) mass is 352 g/mol. The summed E-state index contributed by atoms with van der Waals surface area (Å²) >= 11 is 0. The van der Waals surface area contributed by atoms with Gasteiger partial charge in [0.15, 0.2) is 0 Å². The molecule has 1 amide bonds. The molecule has 2 aromatic rings. The highest BCUT2D eigenvalue weighted by molar-refractivity contribution is 5.68. The smallest absolute Gasteiger partial charge is 0.410 e. The summed E-state index contributed by atoms with van der Waals surface area (Å²) in [5.74, 6) is 0. The maximum Gasteiger partial charge on any atom is 0.410 e. The Labute approximate surface area is 156 Å². The van der Waals surface area contributed by atoms with Crippen molar-refractivity contribution in [2.45, 2.75) is 38.8 Å². The second-order valence-corrected chi connectivity index (χ2v) is 6.79. The fourth-order valence-corrected chi connectivity index (χ4v) is 3.43. The van der Waals surface area contributed by atoms with Crippen LogP contribution in [0, 0.1) is 0 Å². The molecule has 2 aromatic carbocycles. The highest BCUT2D eigenvalue weighted by Crippen LogP contribution is 2.20. The van der Waals surface area contributed by atoms with Crippen molar-refractivity contribution in [1.82, 2.24) is 10.2 Å². The van der Waals surface area contributed by atoms with Crippen molar-refractivity contribution in [1.29, 1.82) is 0 Å². The Kier molecular flexibility index (Phi) is 6.67. The summed E-state index contributed by atoms with van der Waals surface area (Å²) in [6.45, 7) is 5.12. The summed E-state index contributed by atoms with van der Waals surface area (Å²) in [5, 5.41) is 3.35. The van der Waals surface area contributed by atoms with E-state index in [1.165, 1.54) is 11.1 Å². The molecule has 1 heterocycles. The van der Waals surface area contributed by atoms with Crippen LogP contribution in [0.15, 0.2) is 54.6 Å². The van der Waals surface area contributed by atoms with Gasteiger partial charge >= 0.3 is 6.09 Å². The minimum atomic E-state index is -0.189. The number of ether oxygens (including phenoxy) is 1. The molecular weight excluding hydrogens is 324 g/mol. The quantitative estimate of drug-likeness (QED) is 0.835. The molecule has 4 nitrogen and oxygen atoms in total. The predicted molar refractivity (Wildman–Crippen MR) is 105 cm³/mol. The Morgan fingerprint density at radius 3 is 2.35 bits per heavy atom. The molecule has 4 heteroatoms. The summed E-state index contributed by atoms with van der Waals surface area (Å²) in [7, 11) is 0. The molecule has 0 atom stereocenters. The SMILES string of the molecule is CCCN(C(=O)OCc1ccc(-c2ccccc2)cc1)C1CCNCC1. The average Bonchev–Trinajstić information content (AvgIpc) is 2.72. The molecular formula is C22H28N2O2. The van der Waals surface area contributed by atoms with Crippen LogP contribution in [0.25, 0.3) is 11.1 Å². The van der Waals surface area contributed by atoms with E-state index >= 15 is 0 Å². The van der Waals surface area contributed by atoms with Crippen LogP contribution in [0.2, 0.25) is 0 Å². The fourth-order valence-electron chi connectivity index (χ4n) is 3.43. The molecule has 0 spiro atoms. The summed E-state index contributed by atoms with van der Waals surface area (Å²) in [6, 6.07) is 18.8. The summed E-state index contributed by atoms with van der Waals surface area (Å²) in [5.41, 5.74) is 3.37. The lowest BCUT2D eigenvalue weighted by Crippen LogP contribution is -2.46. The Morgan fingerprint density at radius 1 is 1.04 bits per heavy atom. The van der Waals surface area contributed by atoms with E-state index in [9.17, 15) is 4.79 Å². The van der Waals surface area contributed by atoms with E-state index < -0.39 is 0 Å². The molecule has 26 heavy (non-hydrogen) atoms. The molecule has 0 bridgehead atoms. The normalized spacial score (nSPS) is 14.8. The van der Waals surface area contributed by atoms with Gasteiger partial charge in [-0.25, -0.2) is 4.79 Å². The summed E-state index contributed by atoms with van der Waals surface area (Å²) in [4.78, 5) is 14.5. The van der Waals surface area contributed by atoms with Gasteiger partial charge in [-0.1, -0.05) is 61.5 Å². The number of hydrogen-bond donors (Lipinski definition) is 1. The van der Waals surface area contributed by atoms with Gasteiger partial charge in [-0.3, -0.25) is 0 Å². The van der Waals surface area contributed by atoms with Crippen LogP contribution in [0.3, 0.4) is 0 Å². The molecule has 0 saturated carbocycles. The van der Waals surface area contributed by atoms with Gasteiger partial charge in [0.2, 0.25) is 0 Å². The lowest BCUT2D eigenvalue weighted by Gasteiger charge is -2.33. The van der Waals surface area contributed by atoms with Crippen LogP contribution < -0.4 is 5.32 Å². The summed E-state index contributed by atoms with van der Waals surface area (Å²) in [6.07, 6.45) is 2.76. The van der Waals surface area contributed by atoms with E-state index in [0.717, 1.165) is 44.5 Å². The van der Waals surface area contributed by atoms with Crippen molar-refractivity contribution in [3.05, 3.63) is 60.2 Å². The topological polar surface area (TPSA) is 41.6 Å². The lowest BCUT2D eigenvalue weighted by atomic mass is 10.0. The standard InChI is InChI=1S/C22H28N2O2/c1-2-16-24(21-12-14-23-15-13-21)22(25)26-17-18-8-10-20(11-9-18)19-6-4-3-5-7-19/h3-11,21,23H,2,12-17H2,1H3. The first-order chi connectivity index (χ1) is 12.8. The largest absolute Gasteiger partial charge is 0.445 e. The molecule has 0 aromatic heterocycles. The van der Waals surface area contributed by atoms with Crippen molar-refractivity contribution in [2.75, 3.05) is 19.6 Å². The number of benzene rings is 2. The Bertz CT molecular complexity index is 679. The van der Waals surface area contributed by atoms with Crippen LogP contribution in [0.5, 0.6) is 0 Å². The molecule has 0 unspecified atom stereocenters. The number of hydrogen-bond acceptors (Lipinski definition) is 3. The highest BCUT2D eigenvalue weighted by atomic mass is 16.6. The molecule has 1 N–H and O–H groups in total. The molecule has 1 aliphatic heterocycles. The van der Waals surface area contributed by atoms with Crippen LogP contribution in [-0.4, -0.2) is 36.7 Å². The van der Waals surface area contributed by atoms with Gasteiger partial charge < -0.3 is 15.0 Å². The number of nitrogens with one attached hydrogen (secondary N) is 1. The van der Waals surface area contributed by atoms with E-state index in [-0.39, 0.29) is 6.09 Å². The van der Waals surface area contributed by atoms with Gasteiger partial charge in [0.25, 0.3) is 0 Å². The number of nitrogens with zero attached hydrogens (tertiary/aromatic N) is 1. The molecule has 3 rings (SSSR count). The highest BCUT2D eigenvalue weighted by Gasteiger charge is 2.25. The molecule has 1 saturated heterocycles. The maximum atomic E-state index is 12.6. The molecule has 138 valence electrons. The zero-order valence-electron chi connectivity index (χ0n) is 15.5. The number of carbonyl (C=O) groups excluding carboxylic acids is 1. The third kappa shape index (κ3) is 4.85. The van der Waals surface area contributed by atoms with Crippen molar-refractivity contribution < 1.29 is 9.53 Å². The molecule has 0 radical (unpaired) electrons. The first-order valence-corrected chi connectivity index (χ1v) is 9.56. The van der Waals surface area contributed by atoms with Crippen molar-refractivity contribution >= 4 is 6.09 Å². The van der Waals surface area contributed by atoms with Crippen LogP contribution in [0.1, 0.15) is 31.7 Å². The minimum absolute atomic E-state index is 0.189. The Morgan fingerprint density at radius 2 is 1.69 bits per heavy atom. The van der Waals surface area contributed by atoms with Gasteiger partial charge in [0, 0.05) is 12.6 Å². The zero-order chi connectivity index (χ0) is 18.2. The number of rotatable bonds is 6. The maximum absolute atomic E-state index is 12.6. The van der Waals surface area contributed by atoms with Crippen molar-refractivity contribution in [3.63, 3.8) is 0 Å². The van der Waals surface area contributed by atoms with E-state index in [1.54, 1.807) is 0 Å². The molecule has 1 aliphatic rings. The Hall–Kier alpha value is -2.33. The summed E-state index contributed by atoms with van der Waals surface area (Å²) < 4.78 is 5.61. The van der Waals surface area contributed by atoms with Gasteiger partial charge in [-0.2, -0.15) is 0 Å². The van der Waals surface area contributed by atoms with E-state index in [4.69, 9.17) is 4.74 Å². The average molecular weight is 352 g/mol. The van der Waals surface area contributed by atoms with Gasteiger partial charge in [-0.05, 0) is 49.0 Å². The van der Waals surface area contributed by atoms with Gasteiger partial charge in [-0.15, -0.1) is 0 Å². The van der Waals surface area contributed by atoms with Crippen molar-refractivity contribution in [3.8, 4) is 11.1 Å². The van der Waals surface area contributed by atoms with Gasteiger partial charge in [0.1, 0.15) is 6.61 Å². The van der Waals surface area contributed by atoms with E-state index in [2.05, 4.69) is 36.5 Å². The van der Waals surface area contributed by atoms with Crippen molar-refractivity contribution in [2.24, 2.45) is 0 Å².